The van der Waals surface area contributed by atoms with Crippen LogP contribution in [-0.4, -0.2) is 16.5 Å². The number of aliphatic imine (C=N–C) groups is 1. The summed E-state index contributed by atoms with van der Waals surface area (Å²) in [5, 5.41) is 4.53. The summed E-state index contributed by atoms with van der Waals surface area (Å²) in [6, 6.07) is 2.24. The standard InChI is InChI=1S/C12H18N2S2/c1-8-5-10(16-9(8)2)6-13-11-14-12(3,4)7-15-11/h5H,6-7H2,1-4H3,(H,13,14). The van der Waals surface area contributed by atoms with Crippen LogP contribution in [-0.2, 0) is 6.54 Å². The molecule has 88 valence electrons. The average Bonchev–Trinajstić information content (AvgIpc) is 2.68. The number of nitrogens with zero attached hydrogens (tertiary/aromatic N) is 1. The van der Waals surface area contributed by atoms with E-state index in [9.17, 15) is 0 Å². The smallest absolute Gasteiger partial charge is 0.157 e. The van der Waals surface area contributed by atoms with Crippen molar-refractivity contribution in [2.24, 2.45) is 4.99 Å². The van der Waals surface area contributed by atoms with Crippen molar-refractivity contribution >= 4 is 28.3 Å². The number of nitrogens with one attached hydrogen (secondary N) is 1. The van der Waals surface area contributed by atoms with Crippen LogP contribution in [0.25, 0.3) is 0 Å². The first-order valence-corrected chi connectivity index (χ1v) is 7.28. The highest BCUT2D eigenvalue weighted by molar-refractivity contribution is 8.14. The average molecular weight is 254 g/mol. The van der Waals surface area contributed by atoms with Gasteiger partial charge in [0.2, 0.25) is 0 Å². The molecule has 16 heavy (non-hydrogen) atoms. The Morgan fingerprint density at radius 2 is 2.19 bits per heavy atom. The first kappa shape index (κ1) is 12.0. The molecule has 0 saturated carbocycles. The van der Waals surface area contributed by atoms with E-state index in [1.54, 1.807) is 0 Å². The number of amidine groups is 1. The lowest BCUT2D eigenvalue weighted by Crippen LogP contribution is -2.36. The zero-order valence-electron chi connectivity index (χ0n) is 10.3. The monoisotopic (exact) mass is 254 g/mol. The van der Waals surface area contributed by atoms with Gasteiger partial charge in [-0.05, 0) is 39.3 Å². The molecule has 1 fully saturated rings. The molecule has 0 aromatic carbocycles. The molecular formula is C12H18N2S2. The Morgan fingerprint density at radius 3 is 2.69 bits per heavy atom. The van der Waals surface area contributed by atoms with Crippen LogP contribution in [0.5, 0.6) is 0 Å². The Kier molecular flexibility index (Phi) is 3.31. The minimum Gasteiger partial charge on any atom is -0.359 e. The molecular weight excluding hydrogens is 236 g/mol. The number of hydrogen-bond donors (Lipinski definition) is 1. The predicted octanol–water partition coefficient (Wildman–Crippen LogP) is 3.34. The van der Waals surface area contributed by atoms with Gasteiger partial charge in [0.15, 0.2) is 5.17 Å². The molecule has 1 aromatic heterocycles. The van der Waals surface area contributed by atoms with Crippen molar-refractivity contribution in [1.29, 1.82) is 0 Å². The SMILES string of the molecule is Cc1cc(CN=C2NC(C)(C)CS2)sc1C. The number of thioether (sulfide) groups is 1. The maximum absolute atomic E-state index is 4.62. The van der Waals surface area contributed by atoms with Gasteiger partial charge in [0.1, 0.15) is 0 Å². The Balaban J connectivity index is 1.99. The molecule has 0 amide bonds. The van der Waals surface area contributed by atoms with E-state index in [1.807, 2.05) is 23.1 Å². The maximum Gasteiger partial charge on any atom is 0.157 e. The fourth-order valence-electron chi connectivity index (χ4n) is 1.57. The lowest BCUT2D eigenvalue weighted by atomic mass is 10.1. The third-order valence-corrected chi connectivity index (χ3v) is 5.12. The normalized spacial score (nSPS) is 21.4. The minimum absolute atomic E-state index is 0.199. The van der Waals surface area contributed by atoms with Crippen LogP contribution in [0, 0.1) is 13.8 Å². The summed E-state index contributed by atoms with van der Waals surface area (Å²) in [5.41, 5.74) is 1.58. The van der Waals surface area contributed by atoms with Crippen LogP contribution >= 0.6 is 23.1 Å². The lowest BCUT2D eigenvalue weighted by Gasteiger charge is -2.15. The zero-order valence-corrected chi connectivity index (χ0v) is 11.9. The van der Waals surface area contributed by atoms with Crippen molar-refractivity contribution in [3.8, 4) is 0 Å². The van der Waals surface area contributed by atoms with E-state index in [4.69, 9.17) is 0 Å². The summed E-state index contributed by atoms with van der Waals surface area (Å²) in [6.07, 6.45) is 0. The third kappa shape index (κ3) is 2.80. The van der Waals surface area contributed by atoms with Gasteiger partial charge >= 0.3 is 0 Å². The lowest BCUT2D eigenvalue weighted by molar-refractivity contribution is 0.536. The van der Waals surface area contributed by atoms with Crippen molar-refractivity contribution in [3.63, 3.8) is 0 Å². The molecule has 2 heterocycles. The predicted molar refractivity (Wildman–Crippen MR) is 74.6 cm³/mol. The molecule has 0 atom stereocenters. The van der Waals surface area contributed by atoms with Gasteiger partial charge in [0.25, 0.3) is 0 Å². The molecule has 1 saturated heterocycles. The second-order valence-corrected chi connectivity index (χ2v) is 7.18. The molecule has 2 rings (SSSR count). The number of hydrogen-bond acceptors (Lipinski definition) is 3. The number of rotatable bonds is 2. The maximum atomic E-state index is 4.62. The van der Waals surface area contributed by atoms with Gasteiger partial charge in [0.05, 0.1) is 6.54 Å². The van der Waals surface area contributed by atoms with E-state index < -0.39 is 0 Å². The third-order valence-electron chi connectivity index (χ3n) is 2.61. The summed E-state index contributed by atoms with van der Waals surface area (Å²) in [5.74, 6) is 1.11. The van der Waals surface area contributed by atoms with Crippen LogP contribution in [0.2, 0.25) is 0 Å². The van der Waals surface area contributed by atoms with Crippen LogP contribution in [0.4, 0.5) is 0 Å². The Morgan fingerprint density at radius 1 is 1.44 bits per heavy atom. The van der Waals surface area contributed by atoms with Gasteiger partial charge in [-0.3, -0.25) is 4.99 Å². The molecule has 0 bridgehead atoms. The number of thiophene rings is 1. The van der Waals surface area contributed by atoms with Crippen molar-refractivity contribution < 1.29 is 0 Å². The van der Waals surface area contributed by atoms with Crippen molar-refractivity contribution in [3.05, 3.63) is 21.4 Å². The van der Waals surface area contributed by atoms with Gasteiger partial charge in [-0.2, -0.15) is 0 Å². The van der Waals surface area contributed by atoms with E-state index in [2.05, 4.69) is 44.1 Å². The fraction of sp³-hybridized carbons (Fsp3) is 0.583. The molecule has 2 nitrogen and oxygen atoms in total. The molecule has 0 radical (unpaired) electrons. The molecule has 0 unspecified atom stereocenters. The van der Waals surface area contributed by atoms with Crippen molar-refractivity contribution in [1.82, 2.24) is 5.32 Å². The van der Waals surface area contributed by atoms with Crippen molar-refractivity contribution in [2.45, 2.75) is 39.8 Å². The Bertz CT molecular complexity index is 399. The molecule has 1 N–H and O–H groups in total. The highest BCUT2D eigenvalue weighted by Crippen LogP contribution is 2.24. The largest absolute Gasteiger partial charge is 0.359 e. The molecule has 1 aliphatic rings. The van der Waals surface area contributed by atoms with Gasteiger partial charge in [0, 0.05) is 21.0 Å². The van der Waals surface area contributed by atoms with Crippen LogP contribution in [0.15, 0.2) is 11.1 Å². The van der Waals surface area contributed by atoms with Gasteiger partial charge in [-0.1, -0.05) is 11.8 Å². The molecule has 0 aliphatic carbocycles. The van der Waals surface area contributed by atoms with Crippen LogP contribution in [0.3, 0.4) is 0 Å². The van der Waals surface area contributed by atoms with E-state index >= 15 is 0 Å². The highest BCUT2D eigenvalue weighted by atomic mass is 32.2. The zero-order chi connectivity index (χ0) is 11.8. The summed E-state index contributed by atoms with van der Waals surface area (Å²) < 4.78 is 0. The topological polar surface area (TPSA) is 24.4 Å². The van der Waals surface area contributed by atoms with E-state index in [1.165, 1.54) is 15.3 Å². The summed E-state index contributed by atoms with van der Waals surface area (Å²) in [6.45, 7) is 9.56. The molecule has 4 heteroatoms. The van der Waals surface area contributed by atoms with E-state index in [0.717, 1.165) is 17.5 Å². The molecule has 1 aromatic rings. The fourth-order valence-corrected chi connectivity index (χ4v) is 3.62. The quantitative estimate of drug-likeness (QED) is 0.875. The second-order valence-electron chi connectivity index (χ2n) is 4.87. The van der Waals surface area contributed by atoms with E-state index in [-0.39, 0.29) is 5.54 Å². The van der Waals surface area contributed by atoms with Gasteiger partial charge < -0.3 is 5.32 Å². The first-order valence-electron chi connectivity index (χ1n) is 5.48. The summed E-state index contributed by atoms with van der Waals surface area (Å²) >= 11 is 3.68. The van der Waals surface area contributed by atoms with Gasteiger partial charge in [-0.25, -0.2) is 0 Å². The Hall–Kier alpha value is -0.480. The summed E-state index contributed by atoms with van der Waals surface area (Å²) in [4.78, 5) is 7.38. The van der Waals surface area contributed by atoms with Crippen LogP contribution in [0.1, 0.15) is 29.2 Å². The Labute approximate surface area is 106 Å². The highest BCUT2D eigenvalue weighted by Gasteiger charge is 2.27. The minimum atomic E-state index is 0.199. The van der Waals surface area contributed by atoms with Crippen molar-refractivity contribution in [2.75, 3.05) is 5.75 Å². The first-order chi connectivity index (χ1) is 7.46. The molecule has 1 aliphatic heterocycles. The van der Waals surface area contributed by atoms with E-state index in [0.29, 0.717) is 0 Å². The summed E-state index contributed by atoms with van der Waals surface area (Å²) in [7, 11) is 0. The van der Waals surface area contributed by atoms with Crippen LogP contribution < -0.4 is 5.32 Å². The number of aryl methyl sites for hydroxylation is 2. The second kappa shape index (κ2) is 4.41. The molecule has 0 spiro atoms. The van der Waals surface area contributed by atoms with Gasteiger partial charge in [-0.15, -0.1) is 11.3 Å².